The molecular formula is C13H9BrN2O2. The highest BCUT2D eigenvalue weighted by Crippen LogP contribution is 2.32. The maximum Gasteiger partial charge on any atom is 0.275 e. The first-order valence-corrected chi connectivity index (χ1v) is 6.21. The van der Waals surface area contributed by atoms with Crippen LogP contribution in [0.4, 0.5) is 0 Å². The molecule has 0 unspecified atom stereocenters. The third-order valence-corrected chi connectivity index (χ3v) is 3.77. The van der Waals surface area contributed by atoms with Crippen LogP contribution in [0, 0.1) is 0 Å². The van der Waals surface area contributed by atoms with Gasteiger partial charge in [-0.1, -0.05) is 40.2 Å². The highest BCUT2D eigenvalue weighted by molar-refractivity contribution is 9.10. The second-order valence-corrected chi connectivity index (χ2v) is 5.04. The molecule has 2 N–H and O–H groups in total. The van der Waals surface area contributed by atoms with Gasteiger partial charge in [0, 0.05) is 4.47 Å². The third kappa shape index (κ3) is 1.48. The molecule has 5 heteroatoms. The summed E-state index contributed by atoms with van der Waals surface area (Å²) in [6.07, 6.45) is 0.154. The van der Waals surface area contributed by atoms with Crippen molar-refractivity contribution in [3.05, 3.63) is 45.9 Å². The largest absolute Gasteiger partial charge is 0.275 e. The Morgan fingerprint density at radius 1 is 1.17 bits per heavy atom. The molecule has 2 aromatic rings. The summed E-state index contributed by atoms with van der Waals surface area (Å²) in [7, 11) is 0. The van der Waals surface area contributed by atoms with Crippen LogP contribution in [0.2, 0.25) is 0 Å². The minimum absolute atomic E-state index is 0.154. The van der Waals surface area contributed by atoms with Crippen LogP contribution in [0.5, 0.6) is 0 Å². The molecule has 0 fully saturated rings. The number of imide groups is 1. The average molecular weight is 305 g/mol. The molecule has 0 saturated carbocycles. The van der Waals surface area contributed by atoms with Crippen molar-refractivity contribution in [3.8, 4) is 0 Å². The van der Waals surface area contributed by atoms with Crippen molar-refractivity contribution in [2.24, 2.45) is 5.84 Å². The van der Waals surface area contributed by atoms with Gasteiger partial charge in [-0.3, -0.25) is 9.59 Å². The SMILES string of the molecule is NN1C(=O)Cc2cc(Br)c3ccccc3c2C1=O. The maximum absolute atomic E-state index is 12.1. The standard InChI is InChI=1S/C13H9BrN2O2/c14-10-5-7-6-11(17)16(15)13(18)12(7)9-4-2-1-3-8(9)10/h1-5H,6,15H2. The Morgan fingerprint density at radius 2 is 1.83 bits per heavy atom. The minimum atomic E-state index is -0.440. The first-order chi connectivity index (χ1) is 8.59. The van der Waals surface area contributed by atoms with E-state index in [0.29, 0.717) is 10.6 Å². The van der Waals surface area contributed by atoms with E-state index in [1.54, 1.807) is 0 Å². The van der Waals surface area contributed by atoms with Gasteiger partial charge in [0.1, 0.15) is 0 Å². The number of nitrogens with two attached hydrogens (primary N) is 1. The van der Waals surface area contributed by atoms with Gasteiger partial charge in [0.2, 0.25) is 5.91 Å². The number of amides is 2. The summed E-state index contributed by atoms with van der Waals surface area (Å²) < 4.78 is 0.878. The summed E-state index contributed by atoms with van der Waals surface area (Å²) >= 11 is 3.46. The Bertz CT molecular complexity index is 697. The molecule has 3 rings (SSSR count). The van der Waals surface area contributed by atoms with Gasteiger partial charge < -0.3 is 0 Å². The van der Waals surface area contributed by atoms with E-state index >= 15 is 0 Å². The molecule has 0 radical (unpaired) electrons. The fourth-order valence-electron chi connectivity index (χ4n) is 2.26. The van der Waals surface area contributed by atoms with E-state index in [1.165, 1.54) is 0 Å². The molecule has 1 aliphatic heterocycles. The van der Waals surface area contributed by atoms with Crippen molar-refractivity contribution in [3.63, 3.8) is 0 Å². The van der Waals surface area contributed by atoms with Gasteiger partial charge in [-0.2, -0.15) is 0 Å². The Morgan fingerprint density at radius 3 is 2.56 bits per heavy atom. The number of carbonyl (C=O) groups excluding carboxylic acids is 2. The van der Waals surface area contributed by atoms with E-state index in [1.807, 2.05) is 30.3 Å². The lowest BCUT2D eigenvalue weighted by atomic mass is 9.93. The first kappa shape index (κ1) is 11.4. The molecule has 0 bridgehead atoms. The van der Waals surface area contributed by atoms with Crippen molar-refractivity contribution in [1.29, 1.82) is 0 Å². The van der Waals surface area contributed by atoms with Crippen LogP contribution in [-0.2, 0) is 11.2 Å². The lowest BCUT2D eigenvalue weighted by molar-refractivity contribution is -0.128. The quantitative estimate of drug-likeness (QED) is 0.460. The molecule has 18 heavy (non-hydrogen) atoms. The average Bonchev–Trinajstić information content (AvgIpc) is 2.36. The number of hydrazine groups is 1. The fraction of sp³-hybridized carbons (Fsp3) is 0.0769. The number of hydrogen-bond donors (Lipinski definition) is 1. The van der Waals surface area contributed by atoms with E-state index in [4.69, 9.17) is 5.84 Å². The highest BCUT2D eigenvalue weighted by atomic mass is 79.9. The van der Waals surface area contributed by atoms with E-state index < -0.39 is 5.91 Å². The topological polar surface area (TPSA) is 63.4 Å². The van der Waals surface area contributed by atoms with Gasteiger partial charge in [-0.05, 0) is 22.4 Å². The lowest BCUT2D eigenvalue weighted by Gasteiger charge is -2.24. The normalized spacial score (nSPS) is 15.1. The number of hydrogen-bond acceptors (Lipinski definition) is 3. The summed E-state index contributed by atoms with van der Waals surface area (Å²) in [6, 6.07) is 9.36. The number of fused-ring (bicyclic) bond motifs is 3. The van der Waals surface area contributed by atoms with Crippen LogP contribution in [0.25, 0.3) is 10.8 Å². The summed E-state index contributed by atoms with van der Waals surface area (Å²) in [5.74, 6) is 4.67. The maximum atomic E-state index is 12.1. The molecule has 1 heterocycles. The predicted molar refractivity (Wildman–Crippen MR) is 70.7 cm³/mol. The zero-order valence-corrected chi connectivity index (χ0v) is 10.9. The Balaban J connectivity index is 2.41. The minimum Gasteiger partial charge on any atom is -0.273 e. The van der Waals surface area contributed by atoms with Gasteiger partial charge in [-0.15, -0.1) is 0 Å². The monoisotopic (exact) mass is 304 g/mol. The van der Waals surface area contributed by atoms with Crippen LogP contribution in [0.15, 0.2) is 34.8 Å². The van der Waals surface area contributed by atoms with E-state index in [9.17, 15) is 9.59 Å². The van der Waals surface area contributed by atoms with Gasteiger partial charge >= 0.3 is 0 Å². The highest BCUT2D eigenvalue weighted by Gasteiger charge is 2.30. The molecule has 0 saturated heterocycles. The summed E-state index contributed by atoms with van der Waals surface area (Å²) in [5, 5.41) is 2.45. The summed E-state index contributed by atoms with van der Waals surface area (Å²) in [6.45, 7) is 0. The van der Waals surface area contributed by atoms with Crippen molar-refractivity contribution in [2.45, 2.75) is 6.42 Å². The number of halogens is 1. The second kappa shape index (κ2) is 3.90. The second-order valence-electron chi connectivity index (χ2n) is 4.18. The molecule has 0 spiro atoms. The summed E-state index contributed by atoms with van der Waals surface area (Å²) in [4.78, 5) is 23.7. The Labute approximate surface area is 111 Å². The smallest absolute Gasteiger partial charge is 0.273 e. The Hall–Kier alpha value is -1.72. The Kier molecular flexibility index (Phi) is 2.46. The molecule has 4 nitrogen and oxygen atoms in total. The van der Waals surface area contributed by atoms with Crippen molar-refractivity contribution >= 4 is 38.5 Å². The molecule has 0 aliphatic carbocycles. The van der Waals surface area contributed by atoms with Gasteiger partial charge in [-0.25, -0.2) is 10.9 Å². The van der Waals surface area contributed by atoms with Crippen molar-refractivity contribution < 1.29 is 9.59 Å². The van der Waals surface area contributed by atoms with Crippen LogP contribution < -0.4 is 5.84 Å². The van der Waals surface area contributed by atoms with E-state index in [0.717, 1.165) is 20.8 Å². The molecule has 2 aromatic carbocycles. The van der Waals surface area contributed by atoms with Crippen LogP contribution >= 0.6 is 15.9 Å². The van der Waals surface area contributed by atoms with Crippen LogP contribution in [0.1, 0.15) is 15.9 Å². The van der Waals surface area contributed by atoms with Gasteiger partial charge in [0.25, 0.3) is 5.91 Å². The van der Waals surface area contributed by atoms with Crippen molar-refractivity contribution in [2.75, 3.05) is 0 Å². The summed E-state index contributed by atoms with van der Waals surface area (Å²) in [5.41, 5.74) is 1.24. The van der Waals surface area contributed by atoms with Crippen LogP contribution in [-0.4, -0.2) is 16.8 Å². The molecule has 2 amide bonds. The zero-order valence-electron chi connectivity index (χ0n) is 9.31. The van der Waals surface area contributed by atoms with Gasteiger partial charge in [0.05, 0.1) is 12.0 Å². The molecular weight excluding hydrogens is 296 g/mol. The number of benzene rings is 2. The molecule has 0 aromatic heterocycles. The molecule has 0 atom stereocenters. The molecule has 90 valence electrons. The molecule has 1 aliphatic rings. The number of rotatable bonds is 0. The van der Waals surface area contributed by atoms with Crippen LogP contribution in [0.3, 0.4) is 0 Å². The lowest BCUT2D eigenvalue weighted by Crippen LogP contribution is -2.47. The van der Waals surface area contributed by atoms with Gasteiger partial charge in [0.15, 0.2) is 0 Å². The predicted octanol–water partition coefficient (Wildman–Crippen LogP) is 2.00. The third-order valence-electron chi connectivity index (χ3n) is 3.12. The van der Waals surface area contributed by atoms with E-state index in [2.05, 4.69) is 15.9 Å². The first-order valence-electron chi connectivity index (χ1n) is 5.41. The fourth-order valence-corrected chi connectivity index (χ4v) is 2.88. The zero-order chi connectivity index (χ0) is 12.9. The number of carbonyl (C=O) groups is 2. The van der Waals surface area contributed by atoms with E-state index in [-0.39, 0.29) is 12.3 Å². The van der Waals surface area contributed by atoms with Crippen molar-refractivity contribution in [1.82, 2.24) is 5.01 Å². The number of nitrogens with zero attached hydrogens (tertiary/aromatic N) is 1.